The predicted molar refractivity (Wildman–Crippen MR) is 82.8 cm³/mol. The first-order valence-electron chi connectivity index (χ1n) is 6.30. The summed E-state index contributed by atoms with van der Waals surface area (Å²) in [6, 6.07) is 12.8. The molecule has 0 spiro atoms. The minimum absolute atomic E-state index is 0.425. The van der Waals surface area contributed by atoms with Crippen LogP contribution in [0, 0.1) is 0 Å². The third-order valence-corrected chi connectivity index (χ3v) is 3.99. The van der Waals surface area contributed by atoms with Crippen LogP contribution in [-0.2, 0) is 7.05 Å². The number of urea groups is 1. The number of rotatable bonds is 2. The normalized spacial score (nSPS) is 11.6. The Morgan fingerprint density at radius 2 is 2.05 bits per heavy atom. The number of nitrogens with zero attached hydrogens (tertiary/aromatic N) is 3. The van der Waals surface area contributed by atoms with Crippen LogP contribution in [0.4, 0.5) is 10.6 Å². The van der Waals surface area contributed by atoms with Gasteiger partial charge in [0.25, 0.3) is 0 Å². The standard InChI is InChI=1S/C14H13N5OS/c1-19-10-6-2-3-7-11(10)21-14(19)18-17-13(20)16-12-8-4-5-9-15-12/h2-9H,1H3,(H2,15,16,17,20)/b18-14+. The van der Waals surface area contributed by atoms with Crippen molar-refractivity contribution in [1.29, 1.82) is 0 Å². The molecule has 0 aliphatic rings. The van der Waals surface area contributed by atoms with Gasteiger partial charge in [0.2, 0.25) is 4.80 Å². The maximum absolute atomic E-state index is 11.8. The SMILES string of the molecule is Cn1/c(=N\NC(=O)Nc2ccccn2)sc2ccccc21. The number of carbonyl (C=O) groups excluding carboxylic acids is 1. The fourth-order valence-electron chi connectivity index (χ4n) is 1.87. The van der Waals surface area contributed by atoms with E-state index in [4.69, 9.17) is 0 Å². The zero-order valence-electron chi connectivity index (χ0n) is 11.3. The van der Waals surface area contributed by atoms with E-state index in [0.717, 1.165) is 10.2 Å². The molecule has 106 valence electrons. The van der Waals surface area contributed by atoms with E-state index in [2.05, 4.69) is 20.8 Å². The minimum Gasteiger partial charge on any atom is -0.318 e. The largest absolute Gasteiger partial charge is 0.340 e. The fourth-order valence-corrected chi connectivity index (χ4v) is 2.85. The fraction of sp³-hybridized carbons (Fsp3) is 0.0714. The predicted octanol–water partition coefficient (Wildman–Crippen LogP) is 2.27. The van der Waals surface area contributed by atoms with Crippen LogP contribution < -0.4 is 15.5 Å². The smallest absolute Gasteiger partial charge is 0.318 e. The number of nitrogens with one attached hydrogen (secondary N) is 2. The van der Waals surface area contributed by atoms with Crippen molar-refractivity contribution in [1.82, 2.24) is 15.0 Å². The number of pyridine rings is 1. The second kappa shape index (κ2) is 5.76. The Bertz CT molecular complexity index is 837. The highest BCUT2D eigenvalue weighted by atomic mass is 32.1. The van der Waals surface area contributed by atoms with Crippen molar-refractivity contribution in [2.45, 2.75) is 0 Å². The van der Waals surface area contributed by atoms with Gasteiger partial charge in [0, 0.05) is 13.2 Å². The highest BCUT2D eigenvalue weighted by molar-refractivity contribution is 7.16. The summed E-state index contributed by atoms with van der Waals surface area (Å²) >= 11 is 1.51. The van der Waals surface area contributed by atoms with Gasteiger partial charge in [-0.2, -0.15) is 0 Å². The minimum atomic E-state index is -0.425. The van der Waals surface area contributed by atoms with E-state index >= 15 is 0 Å². The number of anilines is 1. The van der Waals surface area contributed by atoms with Gasteiger partial charge in [-0.15, -0.1) is 5.10 Å². The Morgan fingerprint density at radius 3 is 2.81 bits per heavy atom. The number of aryl methyl sites for hydroxylation is 1. The lowest BCUT2D eigenvalue weighted by molar-refractivity contribution is 0.252. The highest BCUT2D eigenvalue weighted by Gasteiger charge is 2.03. The molecule has 0 fully saturated rings. The van der Waals surface area contributed by atoms with E-state index in [1.54, 1.807) is 24.4 Å². The summed E-state index contributed by atoms with van der Waals surface area (Å²) in [6.45, 7) is 0. The van der Waals surface area contributed by atoms with E-state index in [0.29, 0.717) is 10.6 Å². The molecule has 2 aromatic heterocycles. The molecule has 2 heterocycles. The molecule has 0 saturated carbocycles. The van der Waals surface area contributed by atoms with Crippen molar-refractivity contribution in [3.8, 4) is 0 Å². The zero-order valence-corrected chi connectivity index (χ0v) is 12.1. The van der Waals surface area contributed by atoms with Gasteiger partial charge in [-0.1, -0.05) is 29.5 Å². The number of amides is 2. The van der Waals surface area contributed by atoms with Crippen molar-refractivity contribution in [3.05, 3.63) is 53.5 Å². The Hall–Kier alpha value is -2.67. The molecule has 0 aliphatic carbocycles. The second-order valence-electron chi connectivity index (χ2n) is 4.30. The van der Waals surface area contributed by atoms with Crippen molar-refractivity contribution < 1.29 is 4.79 Å². The van der Waals surface area contributed by atoms with Gasteiger partial charge >= 0.3 is 6.03 Å². The zero-order chi connectivity index (χ0) is 14.7. The lowest BCUT2D eigenvalue weighted by atomic mass is 10.3. The molecule has 0 unspecified atom stereocenters. The molecular formula is C14H13N5OS. The molecule has 1 aromatic carbocycles. The molecule has 3 aromatic rings. The van der Waals surface area contributed by atoms with Crippen LogP contribution in [-0.4, -0.2) is 15.6 Å². The summed E-state index contributed by atoms with van der Waals surface area (Å²) in [4.78, 5) is 16.5. The van der Waals surface area contributed by atoms with Gasteiger partial charge in [-0.25, -0.2) is 15.2 Å². The molecule has 7 heteroatoms. The lowest BCUT2D eigenvalue weighted by Gasteiger charge is -2.01. The van der Waals surface area contributed by atoms with Crippen LogP contribution in [0.3, 0.4) is 0 Å². The third kappa shape index (κ3) is 2.92. The summed E-state index contributed by atoms with van der Waals surface area (Å²) in [5, 5.41) is 6.74. The number of thiazole rings is 1. The average Bonchev–Trinajstić information content (AvgIpc) is 2.83. The quantitative estimate of drug-likeness (QED) is 0.713. The number of hydrogen-bond acceptors (Lipinski definition) is 4. The average molecular weight is 299 g/mol. The van der Waals surface area contributed by atoms with Crippen LogP contribution in [0.25, 0.3) is 10.2 Å². The molecule has 2 amide bonds. The van der Waals surface area contributed by atoms with E-state index in [1.165, 1.54) is 11.3 Å². The van der Waals surface area contributed by atoms with Crippen molar-refractivity contribution >= 4 is 33.4 Å². The van der Waals surface area contributed by atoms with Crippen LogP contribution >= 0.6 is 11.3 Å². The Labute approximate surface area is 124 Å². The van der Waals surface area contributed by atoms with Gasteiger partial charge in [0.05, 0.1) is 10.2 Å². The van der Waals surface area contributed by atoms with E-state index in [-0.39, 0.29) is 0 Å². The van der Waals surface area contributed by atoms with E-state index in [9.17, 15) is 4.79 Å². The molecule has 6 nitrogen and oxygen atoms in total. The molecule has 0 radical (unpaired) electrons. The Morgan fingerprint density at radius 1 is 1.24 bits per heavy atom. The number of aromatic nitrogens is 2. The molecule has 0 saturated heterocycles. The Balaban J connectivity index is 1.78. The maximum Gasteiger partial charge on any atom is 0.340 e. The molecule has 0 bridgehead atoms. The second-order valence-corrected chi connectivity index (χ2v) is 5.31. The summed E-state index contributed by atoms with van der Waals surface area (Å²) in [7, 11) is 1.91. The van der Waals surface area contributed by atoms with Crippen molar-refractivity contribution in [2.75, 3.05) is 5.32 Å². The lowest BCUT2D eigenvalue weighted by Crippen LogP contribution is -2.27. The van der Waals surface area contributed by atoms with Gasteiger partial charge in [0.1, 0.15) is 5.82 Å². The van der Waals surface area contributed by atoms with E-state index < -0.39 is 6.03 Å². The molecule has 21 heavy (non-hydrogen) atoms. The first-order valence-corrected chi connectivity index (χ1v) is 7.12. The highest BCUT2D eigenvalue weighted by Crippen LogP contribution is 2.14. The van der Waals surface area contributed by atoms with Crippen LogP contribution in [0.1, 0.15) is 0 Å². The van der Waals surface area contributed by atoms with Crippen LogP contribution in [0.5, 0.6) is 0 Å². The summed E-state index contributed by atoms with van der Waals surface area (Å²) in [5.41, 5.74) is 3.55. The first kappa shape index (κ1) is 13.3. The van der Waals surface area contributed by atoms with Gasteiger partial charge < -0.3 is 4.57 Å². The molecular weight excluding hydrogens is 286 g/mol. The summed E-state index contributed by atoms with van der Waals surface area (Å²) in [5.74, 6) is 0.478. The van der Waals surface area contributed by atoms with Crippen LogP contribution in [0.2, 0.25) is 0 Å². The third-order valence-electron chi connectivity index (χ3n) is 2.87. The number of carbonyl (C=O) groups is 1. The number of fused-ring (bicyclic) bond motifs is 1. The molecule has 2 N–H and O–H groups in total. The van der Waals surface area contributed by atoms with Gasteiger partial charge in [-0.3, -0.25) is 5.32 Å². The van der Waals surface area contributed by atoms with Crippen molar-refractivity contribution in [2.24, 2.45) is 12.1 Å². The molecule has 3 rings (SSSR count). The number of hydrogen-bond donors (Lipinski definition) is 2. The molecule has 0 atom stereocenters. The van der Waals surface area contributed by atoms with Crippen molar-refractivity contribution in [3.63, 3.8) is 0 Å². The Kier molecular flexibility index (Phi) is 3.65. The number of para-hydroxylation sites is 1. The number of benzene rings is 1. The van der Waals surface area contributed by atoms with Crippen LogP contribution in [0.15, 0.2) is 53.8 Å². The summed E-state index contributed by atoms with van der Waals surface area (Å²) in [6.07, 6.45) is 1.61. The molecule has 0 aliphatic heterocycles. The first-order chi connectivity index (χ1) is 10.2. The topological polar surface area (TPSA) is 71.3 Å². The van der Waals surface area contributed by atoms with Gasteiger partial charge in [0.15, 0.2) is 0 Å². The summed E-state index contributed by atoms with van der Waals surface area (Å²) < 4.78 is 3.05. The monoisotopic (exact) mass is 299 g/mol. The maximum atomic E-state index is 11.8. The van der Waals surface area contributed by atoms with Gasteiger partial charge in [-0.05, 0) is 24.3 Å². The van der Waals surface area contributed by atoms with E-state index in [1.807, 2.05) is 35.9 Å².